The summed E-state index contributed by atoms with van der Waals surface area (Å²) < 4.78 is 10.1. The van der Waals surface area contributed by atoms with E-state index in [2.05, 4.69) is 10.6 Å². The number of amides is 2. The fourth-order valence-electron chi connectivity index (χ4n) is 2.71. The average molecular weight is 491 g/mol. The standard InChI is InChI=1S/C23H26N2O6S2/c1-15(26)25-18-12-16(8-9-21(18)32-3)19(27)13-31-23(29)17-6-4-5-7-20(17)33-14-22(28)24-10-11-30-2/h4-9,12H,10-11,13-14H2,1-3H3,(H,24,28)(H,25,26). The maximum Gasteiger partial charge on any atom is 0.339 e. The van der Waals surface area contributed by atoms with Crippen molar-refractivity contribution in [1.29, 1.82) is 0 Å². The Hall–Kier alpha value is -2.82. The smallest absolute Gasteiger partial charge is 0.339 e. The minimum atomic E-state index is -0.658. The molecular weight excluding hydrogens is 464 g/mol. The summed E-state index contributed by atoms with van der Waals surface area (Å²) in [5.41, 5.74) is 1.12. The molecule has 0 atom stereocenters. The Morgan fingerprint density at radius 3 is 2.48 bits per heavy atom. The van der Waals surface area contributed by atoms with Crippen molar-refractivity contribution < 1.29 is 28.7 Å². The van der Waals surface area contributed by atoms with Gasteiger partial charge in [0.1, 0.15) is 0 Å². The van der Waals surface area contributed by atoms with Crippen molar-refractivity contribution in [3.8, 4) is 0 Å². The van der Waals surface area contributed by atoms with Crippen molar-refractivity contribution in [3.63, 3.8) is 0 Å². The number of methoxy groups -OCH3 is 1. The molecule has 0 aliphatic heterocycles. The van der Waals surface area contributed by atoms with Gasteiger partial charge in [-0.1, -0.05) is 18.2 Å². The maximum atomic E-state index is 12.6. The third kappa shape index (κ3) is 8.56. The predicted octanol–water partition coefficient (Wildman–Crippen LogP) is 3.26. The largest absolute Gasteiger partial charge is 0.454 e. The molecule has 0 heterocycles. The summed E-state index contributed by atoms with van der Waals surface area (Å²) in [5.74, 6) is -1.36. The lowest BCUT2D eigenvalue weighted by atomic mass is 10.1. The number of rotatable bonds is 12. The first kappa shape index (κ1) is 26.4. The first-order chi connectivity index (χ1) is 15.8. The number of carbonyl (C=O) groups excluding carboxylic acids is 4. The number of hydrogen-bond donors (Lipinski definition) is 2. The zero-order valence-corrected chi connectivity index (χ0v) is 20.3. The SMILES string of the molecule is COCCNC(=O)CSc1ccccc1C(=O)OCC(=O)c1ccc(SC)c(NC(C)=O)c1. The fraction of sp³-hybridized carbons (Fsp3) is 0.304. The second-order valence-electron chi connectivity index (χ2n) is 6.72. The van der Waals surface area contributed by atoms with Crippen LogP contribution in [0.5, 0.6) is 0 Å². The van der Waals surface area contributed by atoms with Crippen LogP contribution in [0, 0.1) is 0 Å². The van der Waals surface area contributed by atoms with Crippen LogP contribution in [0.4, 0.5) is 5.69 Å². The Kier molecular flexibility index (Phi) is 10.9. The Morgan fingerprint density at radius 1 is 1.03 bits per heavy atom. The van der Waals surface area contributed by atoms with Gasteiger partial charge < -0.3 is 20.1 Å². The number of Topliss-reactive ketones (excluding diaryl/α,β-unsaturated/α-hetero) is 1. The lowest BCUT2D eigenvalue weighted by molar-refractivity contribution is -0.118. The topological polar surface area (TPSA) is 111 Å². The third-order valence-corrected chi connectivity index (χ3v) is 6.13. The van der Waals surface area contributed by atoms with Crippen LogP contribution in [0.15, 0.2) is 52.3 Å². The predicted molar refractivity (Wildman–Crippen MR) is 129 cm³/mol. The minimum Gasteiger partial charge on any atom is -0.454 e. The van der Waals surface area contributed by atoms with Crippen LogP contribution in [0.3, 0.4) is 0 Å². The molecule has 2 N–H and O–H groups in total. The number of thioether (sulfide) groups is 2. The lowest BCUT2D eigenvalue weighted by Gasteiger charge is -2.11. The molecule has 0 aliphatic rings. The van der Waals surface area contributed by atoms with Gasteiger partial charge in [-0.2, -0.15) is 0 Å². The van der Waals surface area contributed by atoms with E-state index in [1.165, 1.54) is 30.4 Å². The van der Waals surface area contributed by atoms with E-state index in [0.29, 0.717) is 29.3 Å². The monoisotopic (exact) mass is 490 g/mol. The van der Waals surface area contributed by atoms with E-state index in [-0.39, 0.29) is 23.1 Å². The number of nitrogens with one attached hydrogen (secondary N) is 2. The zero-order chi connectivity index (χ0) is 24.2. The molecular formula is C23H26N2O6S2. The van der Waals surface area contributed by atoms with Crippen molar-refractivity contribution in [2.24, 2.45) is 0 Å². The third-order valence-electron chi connectivity index (χ3n) is 4.26. The van der Waals surface area contributed by atoms with Gasteiger partial charge >= 0.3 is 5.97 Å². The lowest BCUT2D eigenvalue weighted by Crippen LogP contribution is -2.28. The van der Waals surface area contributed by atoms with Gasteiger partial charge in [0.2, 0.25) is 11.8 Å². The summed E-state index contributed by atoms with van der Waals surface area (Å²) in [5, 5.41) is 5.41. The van der Waals surface area contributed by atoms with Crippen molar-refractivity contribution in [1.82, 2.24) is 5.32 Å². The van der Waals surface area contributed by atoms with Gasteiger partial charge in [-0.05, 0) is 30.5 Å². The molecule has 0 saturated carbocycles. The van der Waals surface area contributed by atoms with Gasteiger partial charge in [0.05, 0.1) is 23.6 Å². The highest BCUT2D eigenvalue weighted by atomic mass is 32.2. The number of anilines is 1. The Labute approximate surface area is 201 Å². The minimum absolute atomic E-state index is 0.126. The first-order valence-electron chi connectivity index (χ1n) is 9.99. The summed E-state index contributed by atoms with van der Waals surface area (Å²) in [4.78, 5) is 49.9. The molecule has 0 fully saturated rings. The Balaban J connectivity index is 2.00. The number of carbonyl (C=O) groups is 4. The normalized spacial score (nSPS) is 10.4. The number of esters is 1. The van der Waals surface area contributed by atoms with E-state index in [4.69, 9.17) is 9.47 Å². The molecule has 2 amide bonds. The van der Waals surface area contributed by atoms with E-state index in [1.807, 2.05) is 6.26 Å². The van der Waals surface area contributed by atoms with Crippen molar-refractivity contribution in [3.05, 3.63) is 53.6 Å². The van der Waals surface area contributed by atoms with Crippen LogP contribution < -0.4 is 10.6 Å². The number of ketones is 1. The van der Waals surface area contributed by atoms with Crippen LogP contribution >= 0.6 is 23.5 Å². The Morgan fingerprint density at radius 2 is 1.79 bits per heavy atom. The van der Waals surface area contributed by atoms with Crippen LogP contribution in [-0.2, 0) is 19.1 Å². The van der Waals surface area contributed by atoms with Crippen LogP contribution in [0.1, 0.15) is 27.6 Å². The second-order valence-corrected chi connectivity index (χ2v) is 8.59. The van der Waals surface area contributed by atoms with Crippen LogP contribution in [0.25, 0.3) is 0 Å². The first-order valence-corrected chi connectivity index (χ1v) is 12.2. The molecule has 176 valence electrons. The number of hydrogen-bond acceptors (Lipinski definition) is 8. The molecule has 0 aliphatic carbocycles. The molecule has 0 radical (unpaired) electrons. The highest BCUT2D eigenvalue weighted by Gasteiger charge is 2.17. The molecule has 2 aromatic carbocycles. The van der Waals surface area contributed by atoms with Gasteiger partial charge in [0, 0.05) is 35.9 Å². The van der Waals surface area contributed by atoms with Crippen LogP contribution in [0.2, 0.25) is 0 Å². The molecule has 0 saturated heterocycles. The van der Waals surface area contributed by atoms with Gasteiger partial charge in [0.25, 0.3) is 0 Å². The summed E-state index contributed by atoms with van der Waals surface area (Å²) >= 11 is 2.64. The summed E-state index contributed by atoms with van der Waals surface area (Å²) in [6, 6.07) is 11.7. The van der Waals surface area contributed by atoms with Crippen molar-refractivity contribution in [2.75, 3.05) is 44.2 Å². The molecule has 10 heteroatoms. The van der Waals surface area contributed by atoms with Crippen molar-refractivity contribution in [2.45, 2.75) is 16.7 Å². The van der Waals surface area contributed by atoms with Crippen molar-refractivity contribution >= 4 is 52.8 Å². The molecule has 2 rings (SSSR count). The molecule has 2 aromatic rings. The quantitative estimate of drug-likeness (QED) is 0.202. The van der Waals surface area contributed by atoms with E-state index >= 15 is 0 Å². The van der Waals surface area contributed by atoms with E-state index in [1.54, 1.807) is 49.6 Å². The van der Waals surface area contributed by atoms with Gasteiger partial charge in [-0.25, -0.2) is 4.79 Å². The molecule has 0 unspecified atom stereocenters. The highest BCUT2D eigenvalue weighted by Crippen LogP contribution is 2.27. The molecule has 33 heavy (non-hydrogen) atoms. The number of benzene rings is 2. The van der Waals surface area contributed by atoms with E-state index in [9.17, 15) is 19.2 Å². The average Bonchev–Trinajstić information content (AvgIpc) is 2.81. The van der Waals surface area contributed by atoms with Gasteiger partial charge in [0.15, 0.2) is 12.4 Å². The highest BCUT2D eigenvalue weighted by molar-refractivity contribution is 8.00. The van der Waals surface area contributed by atoms with E-state index in [0.717, 1.165) is 4.90 Å². The van der Waals surface area contributed by atoms with Crippen LogP contribution in [-0.4, -0.2) is 62.4 Å². The zero-order valence-electron chi connectivity index (χ0n) is 18.6. The maximum absolute atomic E-state index is 12.6. The van der Waals surface area contributed by atoms with E-state index < -0.39 is 18.4 Å². The molecule has 0 aromatic heterocycles. The second kappa shape index (κ2) is 13.7. The Bertz CT molecular complexity index is 1010. The molecule has 8 nitrogen and oxygen atoms in total. The summed E-state index contributed by atoms with van der Waals surface area (Å²) in [6.07, 6.45) is 1.86. The molecule has 0 spiro atoms. The summed E-state index contributed by atoms with van der Waals surface area (Å²) in [6.45, 7) is 1.76. The van der Waals surface area contributed by atoms with Gasteiger partial charge in [-0.3, -0.25) is 14.4 Å². The summed E-state index contributed by atoms with van der Waals surface area (Å²) in [7, 11) is 1.55. The number of ether oxygens (including phenoxy) is 2. The fourth-order valence-corrected chi connectivity index (χ4v) is 4.11. The van der Waals surface area contributed by atoms with Gasteiger partial charge in [-0.15, -0.1) is 23.5 Å². The molecule has 0 bridgehead atoms.